The maximum atomic E-state index is 12.2. The zero-order valence-electron chi connectivity index (χ0n) is 13.9. The summed E-state index contributed by atoms with van der Waals surface area (Å²) in [4.78, 5) is 12.2. The number of aliphatic hydroxyl groups is 1. The van der Waals surface area contributed by atoms with Gasteiger partial charge in [-0.15, -0.1) is 0 Å². The molecule has 1 aliphatic rings. The molecule has 0 radical (unpaired) electrons. The molecule has 6 heteroatoms. The molecule has 0 aromatic carbocycles. The average molecular weight is 309 g/mol. The molecule has 0 bridgehead atoms. The summed E-state index contributed by atoms with van der Waals surface area (Å²) in [6, 6.07) is 1.80. The molecule has 124 valence electrons. The number of aryl methyl sites for hydroxylation is 1. The first-order chi connectivity index (χ1) is 10.3. The standard InChI is InChI=1S/C16H27N3O3/c1-16(2,3)14-7-13(19(4)18-14)15(21)17-8-12(20)10-22-9-11-5-6-11/h7,11-12,20H,5-6,8-10H2,1-4H3,(H,17,21). The molecule has 22 heavy (non-hydrogen) atoms. The highest BCUT2D eigenvalue weighted by atomic mass is 16.5. The van der Waals surface area contributed by atoms with Crippen LogP contribution in [0.2, 0.25) is 0 Å². The van der Waals surface area contributed by atoms with Crippen LogP contribution in [0.5, 0.6) is 0 Å². The zero-order chi connectivity index (χ0) is 16.3. The number of aliphatic hydroxyl groups excluding tert-OH is 1. The van der Waals surface area contributed by atoms with E-state index in [0.29, 0.717) is 18.2 Å². The number of aromatic nitrogens is 2. The number of hydrogen-bond donors (Lipinski definition) is 2. The van der Waals surface area contributed by atoms with Gasteiger partial charge in [-0.05, 0) is 24.8 Å². The highest BCUT2D eigenvalue weighted by Crippen LogP contribution is 2.28. The van der Waals surface area contributed by atoms with Crippen LogP contribution in [0.1, 0.15) is 49.8 Å². The number of amides is 1. The second kappa shape index (κ2) is 6.79. The van der Waals surface area contributed by atoms with Crippen molar-refractivity contribution in [2.75, 3.05) is 19.8 Å². The van der Waals surface area contributed by atoms with Crippen LogP contribution in [0.15, 0.2) is 6.07 Å². The van der Waals surface area contributed by atoms with Crippen molar-refractivity contribution in [1.29, 1.82) is 0 Å². The largest absolute Gasteiger partial charge is 0.389 e. The Bertz CT molecular complexity index is 515. The van der Waals surface area contributed by atoms with E-state index in [1.54, 1.807) is 17.8 Å². The summed E-state index contributed by atoms with van der Waals surface area (Å²) in [7, 11) is 1.75. The SMILES string of the molecule is Cn1nc(C(C)(C)C)cc1C(=O)NCC(O)COCC1CC1. The van der Waals surface area contributed by atoms with Gasteiger partial charge in [0.05, 0.1) is 18.4 Å². The smallest absolute Gasteiger partial charge is 0.269 e. The number of ether oxygens (including phenoxy) is 1. The van der Waals surface area contributed by atoms with Gasteiger partial charge in [0.1, 0.15) is 5.69 Å². The second-order valence-electron chi connectivity index (χ2n) is 7.13. The fourth-order valence-electron chi connectivity index (χ4n) is 2.06. The highest BCUT2D eigenvalue weighted by molar-refractivity contribution is 5.92. The van der Waals surface area contributed by atoms with E-state index in [9.17, 15) is 9.90 Å². The van der Waals surface area contributed by atoms with Crippen molar-refractivity contribution in [2.45, 2.75) is 45.1 Å². The van der Waals surface area contributed by atoms with Gasteiger partial charge in [0.25, 0.3) is 5.91 Å². The molecule has 1 saturated carbocycles. The van der Waals surface area contributed by atoms with E-state index in [1.807, 2.05) is 0 Å². The maximum absolute atomic E-state index is 12.2. The molecule has 0 aliphatic heterocycles. The summed E-state index contributed by atoms with van der Waals surface area (Å²) >= 11 is 0. The number of nitrogens with one attached hydrogen (secondary N) is 1. The van der Waals surface area contributed by atoms with Crippen LogP contribution in [0.25, 0.3) is 0 Å². The molecule has 1 aromatic rings. The van der Waals surface area contributed by atoms with E-state index in [2.05, 4.69) is 31.2 Å². The summed E-state index contributed by atoms with van der Waals surface area (Å²) in [5.74, 6) is 0.443. The molecule has 1 amide bonds. The van der Waals surface area contributed by atoms with E-state index in [1.165, 1.54) is 12.8 Å². The van der Waals surface area contributed by atoms with Crippen LogP contribution in [-0.2, 0) is 17.2 Å². The molecule has 2 rings (SSSR count). The van der Waals surface area contributed by atoms with Gasteiger partial charge in [0.15, 0.2) is 0 Å². The zero-order valence-corrected chi connectivity index (χ0v) is 13.9. The number of hydrogen-bond acceptors (Lipinski definition) is 4. The number of carbonyl (C=O) groups is 1. The molecule has 1 aromatic heterocycles. The Morgan fingerprint density at radius 1 is 1.55 bits per heavy atom. The van der Waals surface area contributed by atoms with Crippen molar-refractivity contribution < 1.29 is 14.6 Å². The summed E-state index contributed by atoms with van der Waals surface area (Å²) in [6.07, 6.45) is 1.77. The van der Waals surface area contributed by atoms with Gasteiger partial charge >= 0.3 is 0 Å². The number of rotatable bonds is 7. The van der Waals surface area contributed by atoms with Gasteiger partial charge in [-0.25, -0.2) is 0 Å². The van der Waals surface area contributed by atoms with Crippen LogP contribution in [0.4, 0.5) is 0 Å². The molecule has 6 nitrogen and oxygen atoms in total. The quantitative estimate of drug-likeness (QED) is 0.794. The summed E-state index contributed by atoms with van der Waals surface area (Å²) < 4.78 is 6.99. The van der Waals surface area contributed by atoms with Crippen molar-refractivity contribution >= 4 is 5.91 Å². The molecule has 0 saturated heterocycles. The molecule has 2 N–H and O–H groups in total. The Balaban J connectivity index is 1.79. The summed E-state index contributed by atoms with van der Waals surface area (Å²) in [6.45, 7) is 7.31. The van der Waals surface area contributed by atoms with Gasteiger partial charge < -0.3 is 15.2 Å². The third kappa shape index (κ3) is 4.81. The highest BCUT2D eigenvalue weighted by Gasteiger charge is 2.23. The third-order valence-electron chi connectivity index (χ3n) is 3.74. The summed E-state index contributed by atoms with van der Waals surface area (Å²) in [5, 5.41) is 16.9. The van der Waals surface area contributed by atoms with Gasteiger partial charge in [-0.1, -0.05) is 20.8 Å². The van der Waals surface area contributed by atoms with Gasteiger partial charge in [-0.3, -0.25) is 9.48 Å². The molecule has 1 unspecified atom stereocenters. The summed E-state index contributed by atoms with van der Waals surface area (Å²) in [5.41, 5.74) is 1.26. The Hall–Kier alpha value is -1.40. The predicted octanol–water partition coefficient (Wildman–Crippen LogP) is 1.23. The third-order valence-corrected chi connectivity index (χ3v) is 3.74. The topological polar surface area (TPSA) is 76.4 Å². The fraction of sp³-hybridized carbons (Fsp3) is 0.750. The minimum atomic E-state index is -0.682. The van der Waals surface area contributed by atoms with E-state index < -0.39 is 6.10 Å². The minimum Gasteiger partial charge on any atom is -0.389 e. The lowest BCUT2D eigenvalue weighted by Crippen LogP contribution is -2.35. The molecule has 1 atom stereocenters. The molecule has 0 spiro atoms. The predicted molar refractivity (Wildman–Crippen MR) is 83.8 cm³/mol. The van der Waals surface area contributed by atoms with Crippen molar-refractivity contribution in [3.63, 3.8) is 0 Å². The molecule has 1 fully saturated rings. The number of nitrogens with zero attached hydrogens (tertiary/aromatic N) is 2. The lowest BCUT2D eigenvalue weighted by molar-refractivity contribution is 0.0320. The van der Waals surface area contributed by atoms with Crippen LogP contribution in [-0.4, -0.2) is 46.7 Å². The minimum absolute atomic E-state index is 0.105. The fourth-order valence-corrected chi connectivity index (χ4v) is 2.06. The van der Waals surface area contributed by atoms with E-state index in [-0.39, 0.29) is 24.5 Å². The molecular formula is C16H27N3O3. The van der Waals surface area contributed by atoms with Gasteiger partial charge in [0, 0.05) is 25.6 Å². The Kier molecular flexibility index (Phi) is 5.24. The van der Waals surface area contributed by atoms with Crippen LogP contribution < -0.4 is 5.32 Å². The van der Waals surface area contributed by atoms with E-state index in [4.69, 9.17) is 4.74 Å². The first kappa shape index (κ1) is 17.0. The Morgan fingerprint density at radius 3 is 2.77 bits per heavy atom. The van der Waals surface area contributed by atoms with Crippen molar-refractivity contribution in [3.05, 3.63) is 17.5 Å². The molecular weight excluding hydrogens is 282 g/mol. The van der Waals surface area contributed by atoms with Crippen LogP contribution >= 0.6 is 0 Å². The van der Waals surface area contributed by atoms with Gasteiger partial charge in [-0.2, -0.15) is 5.10 Å². The Labute approximate surface area is 131 Å². The first-order valence-electron chi connectivity index (χ1n) is 7.86. The van der Waals surface area contributed by atoms with Crippen LogP contribution in [0.3, 0.4) is 0 Å². The monoisotopic (exact) mass is 309 g/mol. The molecule has 1 heterocycles. The van der Waals surface area contributed by atoms with Crippen molar-refractivity contribution in [3.8, 4) is 0 Å². The normalized spacial score (nSPS) is 16.6. The molecule has 1 aliphatic carbocycles. The van der Waals surface area contributed by atoms with Crippen molar-refractivity contribution in [1.82, 2.24) is 15.1 Å². The van der Waals surface area contributed by atoms with E-state index in [0.717, 1.165) is 5.69 Å². The van der Waals surface area contributed by atoms with Crippen molar-refractivity contribution in [2.24, 2.45) is 13.0 Å². The van der Waals surface area contributed by atoms with Gasteiger partial charge in [0.2, 0.25) is 0 Å². The lowest BCUT2D eigenvalue weighted by atomic mass is 9.92. The second-order valence-corrected chi connectivity index (χ2v) is 7.13. The first-order valence-corrected chi connectivity index (χ1v) is 7.86. The van der Waals surface area contributed by atoms with E-state index >= 15 is 0 Å². The number of carbonyl (C=O) groups excluding carboxylic acids is 1. The van der Waals surface area contributed by atoms with Crippen LogP contribution in [0, 0.1) is 5.92 Å². The Morgan fingerprint density at radius 2 is 2.23 bits per heavy atom. The lowest BCUT2D eigenvalue weighted by Gasteiger charge is -2.13. The maximum Gasteiger partial charge on any atom is 0.269 e. The average Bonchev–Trinajstić information content (AvgIpc) is 3.15.